The van der Waals surface area contributed by atoms with Crippen LogP contribution in [0.2, 0.25) is 0 Å². The van der Waals surface area contributed by atoms with Crippen molar-refractivity contribution in [2.75, 3.05) is 0 Å². The first kappa shape index (κ1) is 13.9. The van der Waals surface area contributed by atoms with Gasteiger partial charge in [0, 0.05) is 0 Å². The number of nitrogens with zero attached hydrogens (tertiary/aromatic N) is 2. The zero-order chi connectivity index (χ0) is 9.10. The molecule has 0 saturated carbocycles. The largest absolute Gasteiger partial charge is 0.318 e. The van der Waals surface area contributed by atoms with Crippen LogP contribution in [0.5, 0.6) is 0 Å². The van der Waals surface area contributed by atoms with Crippen LogP contribution < -0.4 is 5.73 Å². The molecule has 0 amide bonds. The monoisotopic (exact) mass is 246 g/mol. The summed E-state index contributed by atoms with van der Waals surface area (Å²) >= 11 is 0. The highest BCUT2D eigenvalue weighted by Gasteiger charge is 2.09. The molecule has 2 rings (SSSR count). The Labute approximate surface area is 100 Å². The first-order valence-electron chi connectivity index (χ1n) is 4.03. The van der Waals surface area contributed by atoms with Gasteiger partial charge in [-0.25, -0.2) is 4.98 Å². The first-order chi connectivity index (χ1) is 6.38. The maximum atomic E-state index is 5.93. The highest BCUT2D eigenvalue weighted by Crippen LogP contribution is 2.13. The van der Waals surface area contributed by atoms with Crippen LogP contribution in [0.4, 0.5) is 0 Å². The number of rotatable bonds is 2. The summed E-state index contributed by atoms with van der Waals surface area (Å²) in [6, 6.07) is 9.57. The lowest BCUT2D eigenvalue weighted by Gasteiger charge is -2.07. The molecule has 4 nitrogen and oxygen atoms in total. The first-order valence-corrected chi connectivity index (χ1v) is 4.03. The Kier molecular flexibility index (Phi) is 5.93. The predicted octanol–water partition coefficient (Wildman–Crippen LogP) is 1.70. The minimum absolute atomic E-state index is 0. The van der Waals surface area contributed by atoms with Gasteiger partial charge in [0.1, 0.15) is 12.2 Å². The van der Waals surface area contributed by atoms with E-state index < -0.39 is 0 Å². The fourth-order valence-corrected chi connectivity index (χ4v) is 1.18. The standard InChI is InChI=1S/C9H10N4.2ClH/c10-8(9-11-6-12-13-9)7-4-2-1-3-5-7;;/h1-6,8H,10H2,(H,11,12,13);2*1H. The predicted molar refractivity (Wildman–Crippen MR) is 63.4 cm³/mol. The number of nitrogens with one attached hydrogen (secondary N) is 1. The molecule has 1 heterocycles. The summed E-state index contributed by atoms with van der Waals surface area (Å²) in [5.74, 6) is 0.686. The molecule has 0 aliphatic rings. The van der Waals surface area contributed by atoms with Crippen molar-refractivity contribution in [3.8, 4) is 0 Å². The number of H-pyrrole nitrogens is 1. The van der Waals surface area contributed by atoms with E-state index >= 15 is 0 Å². The number of hydrogen-bond acceptors (Lipinski definition) is 3. The van der Waals surface area contributed by atoms with Crippen LogP contribution in [0, 0.1) is 0 Å². The van der Waals surface area contributed by atoms with Gasteiger partial charge in [-0.05, 0) is 5.56 Å². The molecule has 1 aromatic carbocycles. The number of hydrogen-bond donors (Lipinski definition) is 2. The molecular formula is C9H12Cl2N4. The van der Waals surface area contributed by atoms with Gasteiger partial charge in [0.15, 0.2) is 0 Å². The van der Waals surface area contributed by atoms with Gasteiger partial charge in [-0.1, -0.05) is 30.3 Å². The Bertz CT molecular complexity index is 363. The van der Waals surface area contributed by atoms with Crippen LogP contribution in [0.3, 0.4) is 0 Å². The Morgan fingerprint density at radius 3 is 2.33 bits per heavy atom. The van der Waals surface area contributed by atoms with Gasteiger partial charge in [0.05, 0.1) is 6.04 Å². The fraction of sp³-hybridized carbons (Fsp3) is 0.111. The molecule has 0 fully saturated rings. The van der Waals surface area contributed by atoms with E-state index in [0.29, 0.717) is 5.82 Å². The van der Waals surface area contributed by atoms with E-state index in [1.165, 1.54) is 6.33 Å². The molecule has 15 heavy (non-hydrogen) atoms. The molecule has 0 aliphatic heterocycles. The van der Waals surface area contributed by atoms with Crippen molar-refractivity contribution >= 4 is 24.8 Å². The van der Waals surface area contributed by atoms with Crippen LogP contribution in [0.25, 0.3) is 0 Å². The van der Waals surface area contributed by atoms with Crippen molar-refractivity contribution in [1.82, 2.24) is 15.2 Å². The Balaban J connectivity index is 0.000000980. The molecule has 0 aliphatic carbocycles. The molecule has 0 radical (unpaired) electrons. The topological polar surface area (TPSA) is 67.6 Å². The summed E-state index contributed by atoms with van der Waals surface area (Å²) in [7, 11) is 0. The second-order valence-electron chi connectivity index (χ2n) is 2.76. The number of halogens is 2. The molecule has 82 valence electrons. The SMILES string of the molecule is Cl.Cl.NC(c1ccccc1)c1ncn[nH]1. The molecule has 0 saturated heterocycles. The van der Waals surface area contributed by atoms with Gasteiger partial charge in [0.25, 0.3) is 0 Å². The average molecular weight is 247 g/mol. The smallest absolute Gasteiger partial charge is 0.145 e. The minimum Gasteiger partial charge on any atom is -0.318 e. The molecule has 0 bridgehead atoms. The van der Waals surface area contributed by atoms with E-state index in [4.69, 9.17) is 5.73 Å². The van der Waals surface area contributed by atoms with Crippen molar-refractivity contribution in [2.24, 2.45) is 5.73 Å². The van der Waals surface area contributed by atoms with Crippen molar-refractivity contribution in [3.63, 3.8) is 0 Å². The van der Waals surface area contributed by atoms with Crippen molar-refractivity contribution in [1.29, 1.82) is 0 Å². The Hall–Kier alpha value is -1.10. The highest BCUT2D eigenvalue weighted by atomic mass is 35.5. The molecular weight excluding hydrogens is 235 g/mol. The van der Waals surface area contributed by atoms with Crippen LogP contribution in [0.15, 0.2) is 36.7 Å². The van der Waals surface area contributed by atoms with E-state index in [2.05, 4.69) is 15.2 Å². The van der Waals surface area contributed by atoms with Crippen LogP contribution >= 0.6 is 24.8 Å². The van der Waals surface area contributed by atoms with E-state index in [1.807, 2.05) is 30.3 Å². The van der Waals surface area contributed by atoms with Gasteiger partial charge in [-0.3, -0.25) is 5.10 Å². The Morgan fingerprint density at radius 2 is 1.80 bits per heavy atom. The Morgan fingerprint density at radius 1 is 1.13 bits per heavy atom. The van der Waals surface area contributed by atoms with Crippen LogP contribution in [-0.4, -0.2) is 15.2 Å². The summed E-state index contributed by atoms with van der Waals surface area (Å²) in [6.45, 7) is 0. The molecule has 1 unspecified atom stereocenters. The van der Waals surface area contributed by atoms with Crippen molar-refractivity contribution in [2.45, 2.75) is 6.04 Å². The summed E-state index contributed by atoms with van der Waals surface area (Å²) in [5, 5.41) is 6.50. The van der Waals surface area contributed by atoms with Gasteiger partial charge < -0.3 is 5.73 Å². The second kappa shape index (κ2) is 6.40. The lowest BCUT2D eigenvalue weighted by atomic mass is 10.1. The van der Waals surface area contributed by atoms with Crippen molar-refractivity contribution < 1.29 is 0 Å². The van der Waals surface area contributed by atoms with Gasteiger partial charge in [-0.2, -0.15) is 5.10 Å². The number of nitrogens with two attached hydrogens (primary N) is 1. The quantitative estimate of drug-likeness (QED) is 0.848. The molecule has 0 spiro atoms. The molecule has 2 aromatic rings. The summed E-state index contributed by atoms with van der Waals surface area (Å²) in [6.07, 6.45) is 1.46. The normalized spacial score (nSPS) is 11.0. The van der Waals surface area contributed by atoms with Gasteiger partial charge in [0.2, 0.25) is 0 Å². The highest BCUT2D eigenvalue weighted by molar-refractivity contribution is 5.85. The molecule has 1 aromatic heterocycles. The summed E-state index contributed by atoms with van der Waals surface area (Å²) < 4.78 is 0. The number of aromatic nitrogens is 3. The lowest BCUT2D eigenvalue weighted by molar-refractivity contribution is 0.787. The third kappa shape index (κ3) is 3.20. The van der Waals surface area contributed by atoms with E-state index in [1.54, 1.807) is 0 Å². The van der Waals surface area contributed by atoms with Crippen molar-refractivity contribution in [3.05, 3.63) is 48.0 Å². The fourth-order valence-electron chi connectivity index (χ4n) is 1.18. The molecule has 3 N–H and O–H groups in total. The third-order valence-corrected chi connectivity index (χ3v) is 1.89. The lowest BCUT2D eigenvalue weighted by Crippen LogP contribution is -2.13. The zero-order valence-corrected chi connectivity index (χ0v) is 9.46. The molecule has 1 atom stereocenters. The van der Waals surface area contributed by atoms with E-state index in [9.17, 15) is 0 Å². The van der Waals surface area contributed by atoms with Crippen LogP contribution in [0.1, 0.15) is 17.4 Å². The summed E-state index contributed by atoms with van der Waals surface area (Å²) in [5.41, 5.74) is 6.95. The van der Waals surface area contributed by atoms with Crippen LogP contribution in [-0.2, 0) is 0 Å². The summed E-state index contributed by atoms with van der Waals surface area (Å²) in [4.78, 5) is 4.00. The third-order valence-electron chi connectivity index (χ3n) is 1.89. The molecule has 6 heteroatoms. The zero-order valence-electron chi connectivity index (χ0n) is 7.83. The number of benzene rings is 1. The van der Waals surface area contributed by atoms with Gasteiger partial charge >= 0.3 is 0 Å². The average Bonchev–Trinajstić information content (AvgIpc) is 2.71. The van der Waals surface area contributed by atoms with Gasteiger partial charge in [-0.15, -0.1) is 24.8 Å². The van der Waals surface area contributed by atoms with E-state index in [0.717, 1.165) is 5.56 Å². The maximum absolute atomic E-state index is 5.93. The minimum atomic E-state index is -0.219. The van der Waals surface area contributed by atoms with E-state index in [-0.39, 0.29) is 30.9 Å². The number of aromatic amines is 1. The second-order valence-corrected chi connectivity index (χ2v) is 2.76. The maximum Gasteiger partial charge on any atom is 0.145 e.